The van der Waals surface area contributed by atoms with Gasteiger partial charge in [0.1, 0.15) is 0 Å². The molecular weight excluding hydrogens is 178 g/mol. The first-order valence-corrected chi connectivity index (χ1v) is 5.47. The van der Waals surface area contributed by atoms with Crippen molar-refractivity contribution in [1.29, 1.82) is 0 Å². The van der Waals surface area contributed by atoms with Gasteiger partial charge in [0.2, 0.25) is 0 Å². The maximum Gasteiger partial charge on any atom is 0.0900 e. The highest BCUT2D eigenvalue weighted by atomic mass is 16.5. The second-order valence-corrected chi connectivity index (χ2v) is 4.23. The van der Waals surface area contributed by atoms with Gasteiger partial charge in [-0.15, -0.1) is 0 Å². The molecule has 2 atom stereocenters. The first-order chi connectivity index (χ1) is 6.47. The van der Waals surface area contributed by atoms with Gasteiger partial charge < -0.3 is 14.7 Å². The van der Waals surface area contributed by atoms with Crippen molar-refractivity contribution in [1.82, 2.24) is 4.90 Å². The van der Waals surface area contributed by atoms with Crippen molar-refractivity contribution in [2.24, 2.45) is 0 Å². The molecule has 0 saturated carbocycles. The Hall–Kier alpha value is -0.120. The Labute approximate surface area is 88.1 Å². The van der Waals surface area contributed by atoms with Crippen molar-refractivity contribution in [3.05, 3.63) is 0 Å². The fourth-order valence-corrected chi connectivity index (χ4v) is 1.18. The third kappa shape index (κ3) is 6.35. The molecule has 0 spiro atoms. The first kappa shape index (κ1) is 13.9. The van der Waals surface area contributed by atoms with Gasteiger partial charge in [-0.1, -0.05) is 6.92 Å². The normalized spacial score (nSPS) is 16.3. The van der Waals surface area contributed by atoms with Crippen molar-refractivity contribution in [2.75, 3.05) is 20.2 Å². The van der Waals surface area contributed by atoms with Crippen LogP contribution in [0.2, 0.25) is 0 Å². The molecule has 0 aliphatic heterocycles. The van der Waals surface area contributed by atoms with E-state index in [0.717, 1.165) is 6.42 Å². The number of aliphatic hydroxyl groups is 1. The van der Waals surface area contributed by atoms with Gasteiger partial charge in [-0.25, -0.2) is 0 Å². The maximum absolute atomic E-state index is 9.65. The van der Waals surface area contributed by atoms with Crippen molar-refractivity contribution < 1.29 is 9.84 Å². The number of ether oxygens (including phenoxy) is 1. The summed E-state index contributed by atoms with van der Waals surface area (Å²) in [4.78, 5) is 2.16. The molecule has 0 saturated heterocycles. The monoisotopic (exact) mass is 203 g/mol. The smallest absolute Gasteiger partial charge is 0.0900 e. The fourth-order valence-electron chi connectivity index (χ4n) is 1.18. The molecular formula is C11H25NO2. The Morgan fingerprint density at radius 1 is 1.29 bits per heavy atom. The van der Waals surface area contributed by atoms with Gasteiger partial charge in [0.05, 0.1) is 18.8 Å². The highest BCUT2D eigenvalue weighted by Gasteiger charge is 2.12. The van der Waals surface area contributed by atoms with Gasteiger partial charge in [0.15, 0.2) is 0 Å². The van der Waals surface area contributed by atoms with E-state index in [1.807, 2.05) is 20.9 Å². The van der Waals surface area contributed by atoms with E-state index in [0.29, 0.717) is 19.2 Å². The van der Waals surface area contributed by atoms with Crippen LogP contribution < -0.4 is 0 Å². The van der Waals surface area contributed by atoms with Crippen molar-refractivity contribution in [2.45, 2.75) is 52.4 Å². The summed E-state index contributed by atoms with van der Waals surface area (Å²) in [6, 6.07) is 0.517. The van der Waals surface area contributed by atoms with Crippen LogP contribution in [0.3, 0.4) is 0 Å². The van der Waals surface area contributed by atoms with Crippen LogP contribution in [0.1, 0.15) is 34.1 Å². The van der Waals surface area contributed by atoms with Crippen LogP contribution in [-0.4, -0.2) is 48.5 Å². The van der Waals surface area contributed by atoms with Gasteiger partial charge >= 0.3 is 0 Å². The van der Waals surface area contributed by atoms with Gasteiger partial charge in [-0.2, -0.15) is 0 Å². The number of hydrogen-bond donors (Lipinski definition) is 1. The zero-order valence-corrected chi connectivity index (χ0v) is 10.2. The molecule has 3 nitrogen and oxygen atoms in total. The molecule has 0 aromatic rings. The molecule has 0 amide bonds. The minimum absolute atomic E-state index is 0.193. The largest absolute Gasteiger partial charge is 0.389 e. The van der Waals surface area contributed by atoms with Crippen LogP contribution >= 0.6 is 0 Å². The molecule has 0 aliphatic carbocycles. The zero-order chi connectivity index (χ0) is 11.1. The molecule has 0 rings (SSSR count). The van der Waals surface area contributed by atoms with E-state index >= 15 is 0 Å². The van der Waals surface area contributed by atoms with E-state index in [9.17, 15) is 5.11 Å². The predicted octanol–water partition coefficient (Wildman–Crippen LogP) is 1.50. The number of rotatable bonds is 7. The number of likely N-dealkylation sites (N-methyl/N-ethyl adjacent to an activating group) is 1. The Morgan fingerprint density at radius 3 is 2.29 bits per heavy atom. The van der Waals surface area contributed by atoms with Crippen LogP contribution in [0.25, 0.3) is 0 Å². The molecule has 0 radical (unpaired) electrons. The lowest BCUT2D eigenvalue weighted by Gasteiger charge is -2.26. The number of hydrogen-bond acceptors (Lipinski definition) is 3. The zero-order valence-electron chi connectivity index (χ0n) is 10.2. The van der Waals surface area contributed by atoms with Crippen LogP contribution in [0.15, 0.2) is 0 Å². The lowest BCUT2D eigenvalue weighted by molar-refractivity contribution is -0.00949. The van der Waals surface area contributed by atoms with E-state index in [1.165, 1.54) is 0 Å². The van der Waals surface area contributed by atoms with Gasteiger partial charge in [-0.3, -0.25) is 0 Å². The third-order valence-electron chi connectivity index (χ3n) is 2.46. The molecule has 0 aromatic heterocycles. The Morgan fingerprint density at radius 2 is 1.86 bits per heavy atom. The fraction of sp³-hybridized carbons (Fsp3) is 1.00. The van der Waals surface area contributed by atoms with E-state index in [4.69, 9.17) is 4.74 Å². The average Bonchev–Trinajstić information content (AvgIpc) is 2.13. The standard InChI is InChI=1S/C11H25NO2/c1-6-10(4)12(5)7-11(13)8-14-9(2)3/h9-11,13H,6-8H2,1-5H3. The van der Waals surface area contributed by atoms with Gasteiger partial charge in [0, 0.05) is 12.6 Å². The third-order valence-corrected chi connectivity index (χ3v) is 2.46. The van der Waals surface area contributed by atoms with Gasteiger partial charge in [-0.05, 0) is 34.2 Å². The number of nitrogens with zero attached hydrogens (tertiary/aromatic N) is 1. The van der Waals surface area contributed by atoms with Gasteiger partial charge in [0.25, 0.3) is 0 Å². The van der Waals surface area contributed by atoms with E-state index in [-0.39, 0.29) is 12.2 Å². The maximum atomic E-state index is 9.65. The number of aliphatic hydroxyl groups excluding tert-OH is 1. The van der Waals surface area contributed by atoms with Crippen LogP contribution in [0, 0.1) is 0 Å². The lowest BCUT2D eigenvalue weighted by atomic mass is 10.2. The quantitative estimate of drug-likeness (QED) is 0.680. The summed E-state index contributed by atoms with van der Waals surface area (Å²) < 4.78 is 5.34. The van der Waals surface area contributed by atoms with E-state index < -0.39 is 0 Å². The van der Waals surface area contributed by atoms with E-state index in [1.54, 1.807) is 0 Å². The van der Waals surface area contributed by atoms with Crippen LogP contribution in [0.4, 0.5) is 0 Å². The summed E-state index contributed by atoms with van der Waals surface area (Å²) in [6.07, 6.45) is 0.920. The summed E-state index contributed by atoms with van der Waals surface area (Å²) in [7, 11) is 2.03. The topological polar surface area (TPSA) is 32.7 Å². The molecule has 0 fully saturated rings. The van der Waals surface area contributed by atoms with Crippen LogP contribution in [-0.2, 0) is 4.74 Å². The summed E-state index contributed by atoms with van der Waals surface area (Å²) >= 11 is 0. The molecule has 86 valence electrons. The summed E-state index contributed by atoms with van der Waals surface area (Å²) in [5.74, 6) is 0. The Balaban J connectivity index is 3.65. The minimum Gasteiger partial charge on any atom is -0.389 e. The molecule has 14 heavy (non-hydrogen) atoms. The summed E-state index contributed by atoms with van der Waals surface area (Å²) in [5.41, 5.74) is 0. The lowest BCUT2D eigenvalue weighted by Crippen LogP contribution is -2.37. The molecule has 3 heteroatoms. The van der Waals surface area contributed by atoms with Crippen molar-refractivity contribution in [3.8, 4) is 0 Å². The molecule has 1 N–H and O–H groups in total. The average molecular weight is 203 g/mol. The van der Waals surface area contributed by atoms with Crippen molar-refractivity contribution in [3.63, 3.8) is 0 Å². The highest BCUT2D eigenvalue weighted by molar-refractivity contribution is 4.66. The Kier molecular flexibility index (Phi) is 7.15. The predicted molar refractivity (Wildman–Crippen MR) is 59.5 cm³/mol. The molecule has 0 heterocycles. The SMILES string of the molecule is CCC(C)N(C)CC(O)COC(C)C. The first-order valence-electron chi connectivity index (χ1n) is 5.47. The Bertz CT molecular complexity index is 139. The molecule has 0 aromatic carbocycles. The van der Waals surface area contributed by atoms with Crippen molar-refractivity contribution >= 4 is 0 Å². The second-order valence-electron chi connectivity index (χ2n) is 4.23. The summed E-state index contributed by atoms with van der Waals surface area (Å²) in [6.45, 7) is 9.38. The van der Waals surface area contributed by atoms with E-state index in [2.05, 4.69) is 18.7 Å². The second kappa shape index (κ2) is 7.21. The minimum atomic E-state index is -0.378. The molecule has 0 aliphatic rings. The molecule has 0 bridgehead atoms. The van der Waals surface area contributed by atoms with Crippen LogP contribution in [0.5, 0.6) is 0 Å². The highest BCUT2D eigenvalue weighted by Crippen LogP contribution is 2.02. The molecule has 2 unspecified atom stereocenters. The summed E-state index contributed by atoms with van der Waals surface area (Å²) in [5, 5.41) is 9.65.